The van der Waals surface area contributed by atoms with E-state index in [2.05, 4.69) is 17.1 Å². The van der Waals surface area contributed by atoms with Gasteiger partial charge in [0.25, 0.3) is 5.91 Å². The molecule has 3 heteroatoms. The van der Waals surface area contributed by atoms with E-state index in [0.717, 1.165) is 11.1 Å². The Morgan fingerprint density at radius 1 is 0.818 bits per heavy atom. The quantitative estimate of drug-likeness (QED) is 0.729. The molecular formula is C19H16N2O. The Balaban J connectivity index is 1.82. The number of hydrogen-bond donors (Lipinski definition) is 0. The van der Waals surface area contributed by atoms with Crippen LogP contribution in [0.5, 0.6) is 0 Å². The number of benzene rings is 2. The third kappa shape index (κ3) is 2.88. The molecule has 0 bridgehead atoms. The second-order valence-corrected chi connectivity index (χ2v) is 5.00. The van der Waals surface area contributed by atoms with Gasteiger partial charge in [0.15, 0.2) is 0 Å². The SMILES string of the molecule is CN(C(=O)c1ccc(-c2ccccc2)cc1)c1ccccn1. The Labute approximate surface area is 129 Å². The Bertz CT molecular complexity index is 752. The van der Waals surface area contributed by atoms with E-state index in [-0.39, 0.29) is 5.91 Å². The molecule has 3 rings (SSSR count). The fraction of sp³-hybridized carbons (Fsp3) is 0.0526. The molecule has 108 valence electrons. The van der Waals surface area contributed by atoms with Crippen molar-refractivity contribution in [2.75, 3.05) is 11.9 Å². The number of pyridine rings is 1. The normalized spacial score (nSPS) is 10.2. The first-order chi connectivity index (χ1) is 10.8. The van der Waals surface area contributed by atoms with Crippen molar-refractivity contribution < 1.29 is 4.79 Å². The van der Waals surface area contributed by atoms with Crippen molar-refractivity contribution in [3.63, 3.8) is 0 Å². The zero-order valence-electron chi connectivity index (χ0n) is 12.3. The van der Waals surface area contributed by atoms with Gasteiger partial charge in [-0.25, -0.2) is 4.98 Å². The molecular weight excluding hydrogens is 272 g/mol. The second kappa shape index (κ2) is 6.22. The zero-order valence-corrected chi connectivity index (χ0v) is 12.3. The van der Waals surface area contributed by atoms with Crippen molar-refractivity contribution in [1.82, 2.24) is 4.98 Å². The zero-order chi connectivity index (χ0) is 15.4. The van der Waals surface area contributed by atoms with Gasteiger partial charge in [0.1, 0.15) is 5.82 Å². The highest BCUT2D eigenvalue weighted by molar-refractivity contribution is 6.05. The van der Waals surface area contributed by atoms with Gasteiger partial charge in [-0.15, -0.1) is 0 Å². The van der Waals surface area contributed by atoms with Crippen LogP contribution in [-0.2, 0) is 0 Å². The summed E-state index contributed by atoms with van der Waals surface area (Å²) in [4.78, 5) is 18.2. The van der Waals surface area contributed by atoms with E-state index in [0.29, 0.717) is 11.4 Å². The van der Waals surface area contributed by atoms with Crippen molar-refractivity contribution in [3.8, 4) is 11.1 Å². The lowest BCUT2D eigenvalue weighted by molar-refractivity contribution is 0.0992. The summed E-state index contributed by atoms with van der Waals surface area (Å²) in [6, 6.07) is 23.2. The molecule has 0 aliphatic rings. The molecule has 3 nitrogen and oxygen atoms in total. The summed E-state index contributed by atoms with van der Waals surface area (Å²) in [6.07, 6.45) is 1.68. The minimum absolute atomic E-state index is 0.0710. The molecule has 1 aromatic heterocycles. The lowest BCUT2D eigenvalue weighted by Crippen LogP contribution is -2.26. The first-order valence-corrected chi connectivity index (χ1v) is 7.10. The largest absolute Gasteiger partial charge is 0.296 e. The smallest absolute Gasteiger partial charge is 0.259 e. The summed E-state index contributed by atoms with van der Waals surface area (Å²) < 4.78 is 0. The van der Waals surface area contributed by atoms with Crippen molar-refractivity contribution in [1.29, 1.82) is 0 Å². The lowest BCUT2D eigenvalue weighted by atomic mass is 10.0. The fourth-order valence-electron chi connectivity index (χ4n) is 2.29. The predicted molar refractivity (Wildman–Crippen MR) is 88.8 cm³/mol. The highest BCUT2D eigenvalue weighted by Gasteiger charge is 2.14. The summed E-state index contributed by atoms with van der Waals surface area (Å²) in [5.41, 5.74) is 2.88. The van der Waals surface area contributed by atoms with Crippen LogP contribution in [0.1, 0.15) is 10.4 Å². The molecule has 0 N–H and O–H groups in total. The molecule has 0 unspecified atom stereocenters. The van der Waals surface area contributed by atoms with Crippen LogP contribution in [0.15, 0.2) is 79.0 Å². The van der Waals surface area contributed by atoms with Gasteiger partial charge in [0, 0.05) is 18.8 Å². The minimum Gasteiger partial charge on any atom is -0.296 e. The van der Waals surface area contributed by atoms with Crippen molar-refractivity contribution in [2.24, 2.45) is 0 Å². The Kier molecular flexibility index (Phi) is 3.97. The summed E-state index contributed by atoms with van der Waals surface area (Å²) >= 11 is 0. The Morgan fingerprint density at radius 2 is 1.45 bits per heavy atom. The third-order valence-electron chi connectivity index (χ3n) is 3.54. The van der Waals surface area contributed by atoms with Gasteiger partial charge in [-0.05, 0) is 35.4 Å². The van der Waals surface area contributed by atoms with Crippen LogP contribution in [0, 0.1) is 0 Å². The monoisotopic (exact) mass is 288 g/mol. The molecule has 0 atom stereocenters. The maximum absolute atomic E-state index is 12.5. The maximum Gasteiger partial charge on any atom is 0.259 e. The van der Waals surface area contributed by atoms with Gasteiger partial charge >= 0.3 is 0 Å². The number of rotatable bonds is 3. The summed E-state index contributed by atoms with van der Waals surface area (Å²) in [7, 11) is 1.73. The van der Waals surface area contributed by atoms with E-state index in [1.807, 2.05) is 60.7 Å². The highest BCUT2D eigenvalue weighted by atomic mass is 16.2. The molecule has 1 heterocycles. The summed E-state index contributed by atoms with van der Waals surface area (Å²) in [6.45, 7) is 0. The number of anilines is 1. The highest BCUT2D eigenvalue weighted by Crippen LogP contribution is 2.20. The van der Waals surface area contributed by atoms with Crippen LogP contribution in [0.4, 0.5) is 5.82 Å². The van der Waals surface area contributed by atoms with E-state index in [9.17, 15) is 4.79 Å². The van der Waals surface area contributed by atoms with Gasteiger partial charge in [-0.2, -0.15) is 0 Å². The van der Waals surface area contributed by atoms with Crippen LogP contribution in [0.3, 0.4) is 0 Å². The topological polar surface area (TPSA) is 33.2 Å². The van der Waals surface area contributed by atoms with Crippen LogP contribution < -0.4 is 4.90 Å². The number of aromatic nitrogens is 1. The van der Waals surface area contributed by atoms with Gasteiger partial charge in [0.05, 0.1) is 0 Å². The molecule has 22 heavy (non-hydrogen) atoms. The van der Waals surface area contributed by atoms with Crippen LogP contribution in [0.25, 0.3) is 11.1 Å². The summed E-state index contributed by atoms with van der Waals surface area (Å²) in [5, 5.41) is 0. The van der Waals surface area contributed by atoms with Gasteiger partial charge in [0.2, 0.25) is 0 Å². The molecule has 0 aliphatic carbocycles. The summed E-state index contributed by atoms with van der Waals surface area (Å²) in [5.74, 6) is 0.568. The third-order valence-corrected chi connectivity index (χ3v) is 3.54. The molecule has 2 aromatic carbocycles. The standard InChI is InChI=1S/C19H16N2O/c1-21(18-9-5-6-14-20-18)19(22)17-12-10-16(11-13-17)15-7-3-2-4-8-15/h2-14H,1H3. The molecule has 0 spiro atoms. The molecule has 0 saturated heterocycles. The van der Waals surface area contributed by atoms with E-state index < -0.39 is 0 Å². The first-order valence-electron chi connectivity index (χ1n) is 7.10. The maximum atomic E-state index is 12.5. The molecule has 0 fully saturated rings. The number of carbonyl (C=O) groups excluding carboxylic acids is 1. The average molecular weight is 288 g/mol. The first kappa shape index (κ1) is 14.0. The lowest BCUT2D eigenvalue weighted by Gasteiger charge is -2.16. The average Bonchev–Trinajstić information content (AvgIpc) is 2.62. The van der Waals surface area contributed by atoms with Crippen LogP contribution in [-0.4, -0.2) is 17.9 Å². The number of carbonyl (C=O) groups is 1. The van der Waals surface area contributed by atoms with Crippen molar-refractivity contribution >= 4 is 11.7 Å². The molecule has 3 aromatic rings. The van der Waals surface area contributed by atoms with Crippen molar-refractivity contribution in [3.05, 3.63) is 84.6 Å². The fourth-order valence-corrected chi connectivity index (χ4v) is 2.29. The molecule has 1 amide bonds. The molecule has 0 radical (unpaired) electrons. The molecule has 0 aliphatic heterocycles. The Morgan fingerprint density at radius 3 is 2.09 bits per heavy atom. The number of hydrogen-bond acceptors (Lipinski definition) is 2. The molecule has 0 saturated carbocycles. The van der Waals surface area contributed by atoms with E-state index in [1.54, 1.807) is 18.1 Å². The Hall–Kier alpha value is -2.94. The van der Waals surface area contributed by atoms with Gasteiger partial charge < -0.3 is 0 Å². The van der Waals surface area contributed by atoms with E-state index >= 15 is 0 Å². The van der Waals surface area contributed by atoms with Gasteiger partial charge in [-0.3, -0.25) is 9.69 Å². The van der Waals surface area contributed by atoms with E-state index in [4.69, 9.17) is 0 Å². The minimum atomic E-state index is -0.0710. The van der Waals surface area contributed by atoms with Crippen LogP contribution >= 0.6 is 0 Å². The predicted octanol–water partition coefficient (Wildman–Crippen LogP) is 4.03. The van der Waals surface area contributed by atoms with Gasteiger partial charge in [-0.1, -0.05) is 48.5 Å². The van der Waals surface area contributed by atoms with Crippen molar-refractivity contribution in [2.45, 2.75) is 0 Å². The number of nitrogens with zero attached hydrogens (tertiary/aromatic N) is 2. The van der Waals surface area contributed by atoms with Crippen LogP contribution in [0.2, 0.25) is 0 Å². The van der Waals surface area contributed by atoms with E-state index in [1.165, 1.54) is 0 Å². The second-order valence-electron chi connectivity index (χ2n) is 5.00. The number of amides is 1.